The number of rotatable bonds is 8. The van der Waals surface area contributed by atoms with Crippen molar-refractivity contribution in [3.63, 3.8) is 0 Å². The molecule has 0 aliphatic carbocycles. The molecule has 0 fully saturated rings. The fourth-order valence-corrected chi connectivity index (χ4v) is 4.17. The highest BCUT2D eigenvalue weighted by atomic mass is 32.1. The molecule has 0 amide bonds. The van der Waals surface area contributed by atoms with Gasteiger partial charge in [0.1, 0.15) is 5.01 Å². The molecule has 0 aliphatic heterocycles. The van der Waals surface area contributed by atoms with Crippen molar-refractivity contribution in [3.8, 4) is 0 Å². The Morgan fingerprint density at radius 1 is 1.11 bits per heavy atom. The highest BCUT2D eigenvalue weighted by molar-refractivity contribution is 7.16. The largest absolute Gasteiger partial charge is 0.293 e. The molecule has 150 valence electrons. The van der Waals surface area contributed by atoms with Crippen LogP contribution in [0.25, 0.3) is 4.96 Å². The molecule has 0 unspecified atom stereocenters. The van der Waals surface area contributed by atoms with Gasteiger partial charge in [-0.25, -0.2) is 4.98 Å². The molecular formula is C22H30N4OS. The van der Waals surface area contributed by atoms with Crippen molar-refractivity contribution in [2.75, 3.05) is 6.54 Å². The van der Waals surface area contributed by atoms with Crippen LogP contribution in [-0.2, 0) is 19.5 Å². The molecule has 2 aromatic heterocycles. The summed E-state index contributed by atoms with van der Waals surface area (Å²) in [4.78, 5) is 20.2. The van der Waals surface area contributed by atoms with Crippen molar-refractivity contribution in [1.29, 1.82) is 0 Å². The van der Waals surface area contributed by atoms with E-state index >= 15 is 0 Å². The first-order valence-electron chi connectivity index (χ1n) is 10.1. The van der Waals surface area contributed by atoms with Crippen LogP contribution >= 0.6 is 11.3 Å². The van der Waals surface area contributed by atoms with Gasteiger partial charge in [0, 0.05) is 25.7 Å². The lowest BCUT2D eigenvalue weighted by molar-refractivity contribution is 0.225. The third-order valence-corrected chi connectivity index (χ3v) is 5.76. The standard InChI is InChI=1S/C22H30N4OS/c1-6-20-24-26-21(27)11-19(23-22(26)28-20)14-25(12-15(2)3)13-17-7-9-18(10-8-17)16(4)5/h7-11,15-16H,6,12-14H2,1-5H3. The summed E-state index contributed by atoms with van der Waals surface area (Å²) in [5.74, 6) is 1.08. The fourth-order valence-electron chi connectivity index (χ4n) is 3.32. The predicted octanol–water partition coefficient (Wildman–Crippen LogP) is 4.50. The Bertz CT molecular complexity index is 972. The topological polar surface area (TPSA) is 50.5 Å². The molecule has 0 saturated heterocycles. The first-order valence-corrected chi connectivity index (χ1v) is 10.9. The molecule has 0 bridgehead atoms. The number of nitrogens with zero attached hydrogens (tertiary/aromatic N) is 4. The molecular weight excluding hydrogens is 368 g/mol. The molecule has 0 radical (unpaired) electrons. The molecule has 0 spiro atoms. The van der Waals surface area contributed by atoms with E-state index in [0.29, 0.717) is 23.3 Å². The summed E-state index contributed by atoms with van der Waals surface area (Å²) in [6, 6.07) is 10.5. The Balaban J connectivity index is 1.82. The first kappa shape index (κ1) is 20.7. The van der Waals surface area contributed by atoms with Gasteiger partial charge >= 0.3 is 0 Å². The van der Waals surface area contributed by atoms with E-state index in [-0.39, 0.29) is 5.56 Å². The third-order valence-electron chi connectivity index (χ3n) is 4.70. The molecule has 0 N–H and O–H groups in total. The number of aryl methyl sites for hydroxylation is 1. The number of fused-ring (bicyclic) bond motifs is 1. The number of aromatic nitrogens is 3. The van der Waals surface area contributed by atoms with E-state index in [1.54, 1.807) is 6.07 Å². The fraction of sp³-hybridized carbons (Fsp3) is 0.500. The van der Waals surface area contributed by atoms with Crippen molar-refractivity contribution >= 4 is 16.3 Å². The molecule has 5 nitrogen and oxygen atoms in total. The maximum atomic E-state index is 12.4. The van der Waals surface area contributed by atoms with E-state index < -0.39 is 0 Å². The van der Waals surface area contributed by atoms with Gasteiger partial charge in [0.15, 0.2) is 0 Å². The third kappa shape index (κ3) is 5.06. The Labute approximate surface area is 171 Å². The number of benzene rings is 1. The van der Waals surface area contributed by atoms with Crippen LogP contribution < -0.4 is 5.56 Å². The minimum Gasteiger partial charge on any atom is -0.293 e. The second kappa shape index (κ2) is 8.97. The van der Waals surface area contributed by atoms with E-state index in [9.17, 15) is 4.79 Å². The molecule has 1 aromatic carbocycles. The molecule has 0 atom stereocenters. The normalized spacial score (nSPS) is 12.0. The van der Waals surface area contributed by atoms with Crippen molar-refractivity contribution in [2.45, 2.75) is 60.0 Å². The van der Waals surface area contributed by atoms with Gasteiger partial charge in [-0.3, -0.25) is 9.69 Å². The summed E-state index contributed by atoms with van der Waals surface area (Å²) in [5, 5.41) is 5.27. The first-order chi connectivity index (χ1) is 13.4. The lowest BCUT2D eigenvalue weighted by atomic mass is 10.0. The summed E-state index contributed by atoms with van der Waals surface area (Å²) >= 11 is 1.50. The highest BCUT2D eigenvalue weighted by Crippen LogP contribution is 2.18. The molecule has 3 aromatic rings. The van der Waals surface area contributed by atoms with Crippen molar-refractivity contribution in [3.05, 3.63) is 62.5 Å². The summed E-state index contributed by atoms with van der Waals surface area (Å²) in [5.41, 5.74) is 3.36. The van der Waals surface area contributed by atoms with Gasteiger partial charge in [0.05, 0.1) is 5.69 Å². The summed E-state index contributed by atoms with van der Waals surface area (Å²) in [7, 11) is 0. The average molecular weight is 399 g/mol. The Kier molecular flexibility index (Phi) is 6.62. The maximum absolute atomic E-state index is 12.4. The van der Waals surface area contributed by atoms with Crippen molar-refractivity contribution < 1.29 is 0 Å². The van der Waals surface area contributed by atoms with Crippen LogP contribution in [0.3, 0.4) is 0 Å². The van der Waals surface area contributed by atoms with Crippen LogP contribution in [-0.4, -0.2) is 26.0 Å². The molecule has 6 heteroatoms. The molecule has 28 heavy (non-hydrogen) atoms. The zero-order valence-corrected chi connectivity index (χ0v) is 18.3. The van der Waals surface area contributed by atoms with Gasteiger partial charge in [0.25, 0.3) is 5.56 Å². The maximum Gasteiger partial charge on any atom is 0.275 e. The Hall–Kier alpha value is -2.05. The highest BCUT2D eigenvalue weighted by Gasteiger charge is 2.14. The van der Waals surface area contributed by atoms with Crippen molar-refractivity contribution in [2.24, 2.45) is 5.92 Å². The molecule has 0 aliphatic rings. The quantitative estimate of drug-likeness (QED) is 0.561. The van der Waals surface area contributed by atoms with E-state index in [1.165, 1.54) is 27.0 Å². The SMILES string of the molecule is CCc1nn2c(=O)cc(CN(Cc3ccc(C(C)C)cc3)CC(C)C)nc2s1. The van der Waals surface area contributed by atoms with Crippen LogP contribution in [0.1, 0.15) is 62.4 Å². The van der Waals surface area contributed by atoms with E-state index in [0.717, 1.165) is 30.2 Å². The van der Waals surface area contributed by atoms with E-state index in [1.807, 2.05) is 6.92 Å². The predicted molar refractivity (Wildman–Crippen MR) is 116 cm³/mol. The Morgan fingerprint density at radius 2 is 1.82 bits per heavy atom. The van der Waals surface area contributed by atoms with E-state index in [4.69, 9.17) is 4.98 Å². The zero-order chi connectivity index (χ0) is 20.3. The van der Waals surface area contributed by atoms with Crippen LogP contribution in [0, 0.1) is 5.92 Å². The van der Waals surface area contributed by atoms with Crippen LogP contribution in [0.4, 0.5) is 0 Å². The average Bonchev–Trinajstić information content (AvgIpc) is 3.05. The summed E-state index contributed by atoms with van der Waals surface area (Å²) in [6.45, 7) is 13.4. The lowest BCUT2D eigenvalue weighted by Gasteiger charge is -2.24. The van der Waals surface area contributed by atoms with Gasteiger partial charge in [-0.2, -0.15) is 9.61 Å². The second-order valence-corrected chi connectivity index (χ2v) is 9.13. The van der Waals surface area contributed by atoms with Gasteiger partial charge < -0.3 is 0 Å². The van der Waals surface area contributed by atoms with E-state index in [2.05, 4.69) is 62.0 Å². The molecule has 0 saturated carbocycles. The molecule has 2 heterocycles. The van der Waals surface area contributed by atoms with Gasteiger partial charge in [-0.15, -0.1) is 0 Å². The van der Waals surface area contributed by atoms with Crippen LogP contribution in [0.2, 0.25) is 0 Å². The number of hydrogen-bond donors (Lipinski definition) is 0. The smallest absolute Gasteiger partial charge is 0.275 e. The van der Waals surface area contributed by atoms with Gasteiger partial charge in [-0.1, -0.05) is 70.2 Å². The Morgan fingerprint density at radius 3 is 2.43 bits per heavy atom. The second-order valence-electron chi connectivity index (χ2n) is 8.09. The minimum absolute atomic E-state index is 0.0956. The van der Waals surface area contributed by atoms with Gasteiger partial charge in [0.2, 0.25) is 4.96 Å². The van der Waals surface area contributed by atoms with Crippen LogP contribution in [0.15, 0.2) is 35.1 Å². The lowest BCUT2D eigenvalue weighted by Crippen LogP contribution is -2.28. The summed E-state index contributed by atoms with van der Waals surface area (Å²) in [6.07, 6.45) is 0.814. The minimum atomic E-state index is -0.0956. The molecule has 3 rings (SSSR count). The van der Waals surface area contributed by atoms with Crippen LogP contribution in [0.5, 0.6) is 0 Å². The zero-order valence-electron chi connectivity index (χ0n) is 17.5. The summed E-state index contributed by atoms with van der Waals surface area (Å²) < 4.78 is 1.42. The van der Waals surface area contributed by atoms with Crippen molar-refractivity contribution in [1.82, 2.24) is 19.5 Å². The van der Waals surface area contributed by atoms with Gasteiger partial charge in [-0.05, 0) is 29.4 Å². The monoisotopic (exact) mass is 398 g/mol. The number of hydrogen-bond acceptors (Lipinski definition) is 5.